The number of hydrogen-bond donors (Lipinski definition) is 0. The van der Waals surface area contributed by atoms with Crippen LogP contribution in [0.5, 0.6) is 0 Å². The lowest BCUT2D eigenvalue weighted by molar-refractivity contribution is -0.152. The van der Waals surface area contributed by atoms with E-state index in [9.17, 15) is 18.8 Å². The highest BCUT2D eigenvalue weighted by Gasteiger charge is 2.53. The van der Waals surface area contributed by atoms with Crippen molar-refractivity contribution in [3.05, 3.63) is 35.6 Å². The predicted octanol–water partition coefficient (Wildman–Crippen LogP) is 2.01. The smallest absolute Gasteiger partial charge is 0.330 e. The van der Waals surface area contributed by atoms with E-state index >= 15 is 0 Å². The lowest BCUT2D eigenvalue weighted by Crippen LogP contribution is -2.46. The highest BCUT2D eigenvalue weighted by Crippen LogP contribution is 2.47. The highest BCUT2D eigenvalue weighted by atomic mass is 32.2. The fourth-order valence-electron chi connectivity index (χ4n) is 2.97. The van der Waals surface area contributed by atoms with Crippen LogP contribution >= 0.6 is 11.8 Å². The van der Waals surface area contributed by atoms with Gasteiger partial charge in [-0.05, 0) is 25.5 Å². The van der Waals surface area contributed by atoms with Crippen molar-refractivity contribution in [1.29, 1.82) is 0 Å². The molecule has 0 saturated carbocycles. The first kappa shape index (κ1) is 16.0. The topological polar surface area (TPSA) is 63.7 Å². The molecule has 2 heterocycles. The molecule has 0 aromatic heterocycles. The average molecular weight is 337 g/mol. The quantitative estimate of drug-likeness (QED) is 0.621. The molecular weight excluding hydrogens is 321 g/mol. The SMILES string of the molecule is C[C@]12CCC(=O)N1[C@H](C(=O)OCC(=O)c1cccc(F)c1)CS2. The third-order valence-electron chi connectivity index (χ3n) is 4.21. The van der Waals surface area contributed by atoms with Gasteiger partial charge in [-0.25, -0.2) is 9.18 Å². The van der Waals surface area contributed by atoms with Gasteiger partial charge in [0.1, 0.15) is 11.9 Å². The lowest BCUT2D eigenvalue weighted by Gasteiger charge is -2.29. The molecule has 7 heteroatoms. The van der Waals surface area contributed by atoms with E-state index < -0.39 is 30.2 Å². The third kappa shape index (κ3) is 2.97. The summed E-state index contributed by atoms with van der Waals surface area (Å²) in [6, 6.07) is 4.57. The lowest BCUT2D eigenvalue weighted by atomic mass is 10.1. The van der Waals surface area contributed by atoms with Gasteiger partial charge in [-0.3, -0.25) is 9.59 Å². The number of ketones is 1. The van der Waals surface area contributed by atoms with Gasteiger partial charge in [-0.15, -0.1) is 11.8 Å². The summed E-state index contributed by atoms with van der Waals surface area (Å²) < 4.78 is 18.2. The number of hydrogen-bond acceptors (Lipinski definition) is 5. The van der Waals surface area contributed by atoms with E-state index in [2.05, 4.69) is 0 Å². The molecule has 1 amide bonds. The number of benzene rings is 1. The number of Topliss-reactive ketones (excluding diaryl/α,β-unsaturated/α-hetero) is 1. The van der Waals surface area contributed by atoms with Crippen LogP contribution in [0, 0.1) is 5.82 Å². The number of fused-ring (bicyclic) bond motifs is 1. The van der Waals surface area contributed by atoms with Gasteiger partial charge in [0.2, 0.25) is 5.91 Å². The van der Waals surface area contributed by atoms with Gasteiger partial charge >= 0.3 is 5.97 Å². The minimum absolute atomic E-state index is 0.0593. The summed E-state index contributed by atoms with van der Waals surface area (Å²) in [7, 11) is 0. The first-order valence-corrected chi connectivity index (χ1v) is 8.31. The molecule has 3 rings (SSSR count). The van der Waals surface area contributed by atoms with Crippen molar-refractivity contribution < 1.29 is 23.5 Å². The molecule has 2 aliphatic rings. The molecule has 0 N–H and O–H groups in total. The number of amides is 1. The van der Waals surface area contributed by atoms with Gasteiger partial charge in [0, 0.05) is 17.7 Å². The van der Waals surface area contributed by atoms with Gasteiger partial charge < -0.3 is 9.64 Å². The molecule has 0 radical (unpaired) electrons. The van der Waals surface area contributed by atoms with Gasteiger partial charge in [0.15, 0.2) is 12.4 Å². The molecule has 0 unspecified atom stereocenters. The van der Waals surface area contributed by atoms with Crippen LogP contribution in [-0.4, -0.2) is 45.8 Å². The Labute approximate surface area is 137 Å². The van der Waals surface area contributed by atoms with Crippen LogP contribution in [0.15, 0.2) is 24.3 Å². The molecule has 2 atom stereocenters. The summed E-state index contributed by atoms with van der Waals surface area (Å²) in [6.07, 6.45) is 1.14. The molecule has 122 valence electrons. The summed E-state index contributed by atoms with van der Waals surface area (Å²) in [6.45, 7) is 1.48. The molecule has 1 aromatic carbocycles. The maximum atomic E-state index is 13.1. The summed E-state index contributed by atoms with van der Waals surface area (Å²) in [5.41, 5.74) is 0.153. The number of rotatable bonds is 4. The predicted molar refractivity (Wildman–Crippen MR) is 82.4 cm³/mol. The minimum Gasteiger partial charge on any atom is -0.456 e. The monoisotopic (exact) mass is 337 g/mol. The Morgan fingerprint density at radius 1 is 1.48 bits per heavy atom. The Bertz CT molecular complexity index is 680. The summed E-state index contributed by atoms with van der Waals surface area (Å²) in [5.74, 6) is -1.17. The zero-order chi connectivity index (χ0) is 16.6. The van der Waals surface area contributed by atoms with E-state index in [4.69, 9.17) is 4.74 Å². The first-order valence-electron chi connectivity index (χ1n) is 7.32. The molecule has 2 fully saturated rings. The van der Waals surface area contributed by atoms with E-state index in [1.165, 1.54) is 18.2 Å². The molecule has 0 aliphatic carbocycles. The normalized spacial score (nSPS) is 26.3. The number of nitrogens with zero attached hydrogens (tertiary/aromatic N) is 1. The van der Waals surface area contributed by atoms with E-state index in [0.29, 0.717) is 18.6 Å². The standard InChI is InChI=1S/C16H16FNO4S/c1-16-6-5-14(20)18(16)12(9-23-16)15(21)22-8-13(19)10-3-2-4-11(17)7-10/h2-4,7,12H,5-6,8-9H2,1H3/t12-,16-/m0/s1. The van der Waals surface area contributed by atoms with E-state index in [1.807, 2.05) is 6.92 Å². The number of esters is 1. The highest BCUT2D eigenvalue weighted by molar-refractivity contribution is 8.01. The Morgan fingerprint density at radius 2 is 2.26 bits per heavy atom. The van der Waals surface area contributed by atoms with Crippen molar-refractivity contribution in [3.63, 3.8) is 0 Å². The average Bonchev–Trinajstić information content (AvgIpc) is 3.01. The van der Waals surface area contributed by atoms with Crippen LogP contribution in [0.25, 0.3) is 0 Å². The Hall–Kier alpha value is -1.89. The van der Waals surface area contributed by atoms with E-state index in [0.717, 1.165) is 6.07 Å². The zero-order valence-electron chi connectivity index (χ0n) is 12.6. The molecule has 5 nitrogen and oxygen atoms in total. The second-order valence-corrected chi connectivity index (χ2v) is 7.31. The first-order chi connectivity index (χ1) is 10.9. The van der Waals surface area contributed by atoms with Crippen LogP contribution in [-0.2, 0) is 14.3 Å². The van der Waals surface area contributed by atoms with Crippen molar-refractivity contribution in [2.24, 2.45) is 0 Å². The maximum absolute atomic E-state index is 13.1. The Morgan fingerprint density at radius 3 is 3.00 bits per heavy atom. The van der Waals surface area contributed by atoms with Crippen LogP contribution in [0.1, 0.15) is 30.1 Å². The third-order valence-corrected chi connectivity index (χ3v) is 5.71. The largest absolute Gasteiger partial charge is 0.456 e. The van der Waals surface area contributed by atoms with Crippen LogP contribution < -0.4 is 0 Å². The molecule has 23 heavy (non-hydrogen) atoms. The van der Waals surface area contributed by atoms with E-state index in [1.54, 1.807) is 16.7 Å². The molecule has 1 aromatic rings. The fraction of sp³-hybridized carbons (Fsp3) is 0.438. The van der Waals surface area contributed by atoms with Crippen LogP contribution in [0.3, 0.4) is 0 Å². The van der Waals surface area contributed by atoms with Gasteiger partial charge in [-0.2, -0.15) is 0 Å². The number of thioether (sulfide) groups is 1. The molecular formula is C16H16FNO4S. The second-order valence-electron chi connectivity index (χ2n) is 5.81. The minimum atomic E-state index is -0.652. The van der Waals surface area contributed by atoms with Crippen LogP contribution in [0.4, 0.5) is 4.39 Å². The van der Waals surface area contributed by atoms with Crippen molar-refractivity contribution in [1.82, 2.24) is 4.90 Å². The van der Waals surface area contributed by atoms with Crippen molar-refractivity contribution in [2.45, 2.75) is 30.7 Å². The van der Waals surface area contributed by atoms with Gasteiger partial charge in [0.25, 0.3) is 0 Å². The molecule has 2 aliphatic heterocycles. The van der Waals surface area contributed by atoms with Crippen LogP contribution in [0.2, 0.25) is 0 Å². The van der Waals surface area contributed by atoms with Crippen molar-refractivity contribution in [2.75, 3.05) is 12.4 Å². The number of halogens is 1. The number of carbonyl (C=O) groups excluding carboxylic acids is 3. The molecule has 2 saturated heterocycles. The number of carbonyl (C=O) groups is 3. The molecule has 0 bridgehead atoms. The Balaban J connectivity index is 1.62. The zero-order valence-corrected chi connectivity index (χ0v) is 13.4. The maximum Gasteiger partial charge on any atom is 0.330 e. The van der Waals surface area contributed by atoms with Crippen molar-refractivity contribution in [3.8, 4) is 0 Å². The molecule has 0 spiro atoms. The van der Waals surface area contributed by atoms with Crippen molar-refractivity contribution >= 4 is 29.4 Å². The van der Waals surface area contributed by atoms with Gasteiger partial charge in [0.05, 0.1) is 4.87 Å². The summed E-state index contributed by atoms with van der Waals surface area (Å²) in [5, 5.41) is 0. The van der Waals surface area contributed by atoms with E-state index in [-0.39, 0.29) is 16.3 Å². The Kier molecular flexibility index (Phi) is 4.14. The second kappa shape index (κ2) is 5.96. The number of ether oxygens (including phenoxy) is 1. The summed E-state index contributed by atoms with van der Waals surface area (Å²) >= 11 is 1.56. The fourth-order valence-corrected chi connectivity index (χ4v) is 4.39. The summed E-state index contributed by atoms with van der Waals surface area (Å²) in [4.78, 5) is 37.4. The van der Waals surface area contributed by atoms with Gasteiger partial charge in [-0.1, -0.05) is 12.1 Å².